The van der Waals surface area contributed by atoms with Crippen molar-refractivity contribution in [2.45, 2.75) is 13.5 Å². The first kappa shape index (κ1) is 19.1. The Labute approximate surface area is 163 Å². The third-order valence-electron chi connectivity index (χ3n) is 4.00. The van der Waals surface area contributed by atoms with Crippen LogP contribution in [0.25, 0.3) is 0 Å². The fourth-order valence-corrected chi connectivity index (χ4v) is 2.63. The molecule has 0 saturated carbocycles. The minimum absolute atomic E-state index is 0.256. The molecule has 3 rings (SSSR count). The Kier molecular flexibility index (Phi) is 6.36. The number of nitrogens with zero attached hydrogens (tertiary/aromatic N) is 1. The molecule has 0 radical (unpaired) electrons. The summed E-state index contributed by atoms with van der Waals surface area (Å²) in [5.74, 6) is 0.0333. The molecule has 0 aliphatic carbocycles. The van der Waals surface area contributed by atoms with Crippen molar-refractivity contribution in [3.8, 4) is 5.75 Å². The number of para-hydroxylation sites is 2. The van der Waals surface area contributed by atoms with Crippen LogP contribution in [0.1, 0.15) is 33.2 Å². The van der Waals surface area contributed by atoms with Gasteiger partial charge in [0.2, 0.25) is 0 Å². The fraction of sp³-hybridized carbons (Fsp3) is 0.136. The predicted octanol–water partition coefficient (Wildman–Crippen LogP) is 3.66. The van der Waals surface area contributed by atoms with Gasteiger partial charge in [-0.25, -0.2) is 0 Å². The van der Waals surface area contributed by atoms with E-state index in [2.05, 4.69) is 15.6 Å². The lowest BCUT2D eigenvalue weighted by molar-refractivity contribution is 0.0951. The first-order valence-corrected chi connectivity index (χ1v) is 8.97. The van der Waals surface area contributed by atoms with Crippen LogP contribution in [-0.4, -0.2) is 23.4 Å². The third-order valence-corrected chi connectivity index (χ3v) is 4.00. The van der Waals surface area contributed by atoms with Crippen LogP contribution < -0.4 is 15.4 Å². The number of hydrogen-bond acceptors (Lipinski definition) is 4. The molecule has 0 saturated heterocycles. The zero-order valence-electron chi connectivity index (χ0n) is 15.5. The van der Waals surface area contributed by atoms with E-state index in [0.29, 0.717) is 35.7 Å². The predicted molar refractivity (Wildman–Crippen MR) is 107 cm³/mol. The molecule has 0 spiro atoms. The number of rotatable bonds is 7. The van der Waals surface area contributed by atoms with E-state index >= 15 is 0 Å². The Hall–Kier alpha value is -3.67. The molecule has 3 aromatic rings. The topological polar surface area (TPSA) is 80.3 Å². The van der Waals surface area contributed by atoms with Crippen LogP contribution in [0.5, 0.6) is 5.75 Å². The number of amides is 2. The highest BCUT2D eigenvalue weighted by Gasteiger charge is 2.12. The molecular formula is C22H21N3O3. The number of benzene rings is 2. The average Bonchev–Trinajstić information content (AvgIpc) is 2.74. The zero-order chi connectivity index (χ0) is 19.8. The highest BCUT2D eigenvalue weighted by atomic mass is 16.5. The van der Waals surface area contributed by atoms with Gasteiger partial charge < -0.3 is 15.4 Å². The van der Waals surface area contributed by atoms with Crippen molar-refractivity contribution >= 4 is 17.5 Å². The van der Waals surface area contributed by atoms with Gasteiger partial charge in [-0.05, 0) is 48.9 Å². The van der Waals surface area contributed by atoms with Crippen molar-refractivity contribution in [2.75, 3.05) is 11.9 Å². The number of carbonyl (C=O) groups excluding carboxylic acids is 2. The summed E-state index contributed by atoms with van der Waals surface area (Å²) in [6, 6.07) is 17.5. The van der Waals surface area contributed by atoms with E-state index in [1.54, 1.807) is 48.8 Å². The van der Waals surface area contributed by atoms with Crippen LogP contribution >= 0.6 is 0 Å². The molecule has 0 fully saturated rings. The first-order valence-electron chi connectivity index (χ1n) is 8.97. The van der Waals surface area contributed by atoms with Crippen molar-refractivity contribution in [3.63, 3.8) is 0 Å². The van der Waals surface area contributed by atoms with E-state index in [0.717, 1.165) is 5.56 Å². The van der Waals surface area contributed by atoms with Crippen molar-refractivity contribution in [3.05, 3.63) is 89.7 Å². The number of carbonyl (C=O) groups is 2. The fourth-order valence-electron chi connectivity index (χ4n) is 2.63. The van der Waals surface area contributed by atoms with Gasteiger partial charge in [-0.3, -0.25) is 14.6 Å². The second kappa shape index (κ2) is 9.32. The van der Waals surface area contributed by atoms with Crippen LogP contribution in [-0.2, 0) is 6.54 Å². The zero-order valence-corrected chi connectivity index (χ0v) is 15.5. The molecule has 2 aromatic carbocycles. The third kappa shape index (κ3) is 4.94. The van der Waals surface area contributed by atoms with E-state index in [-0.39, 0.29) is 11.8 Å². The first-order chi connectivity index (χ1) is 13.7. The molecular weight excluding hydrogens is 354 g/mol. The number of ether oxygens (including phenoxy) is 1. The summed E-state index contributed by atoms with van der Waals surface area (Å²) in [4.78, 5) is 29.0. The second-order valence-electron chi connectivity index (χ2n) is 6.01. The highest BCUT2D eigenvalue weighted by molar-refractivity contribution is 6.06. The van der Waals surface area contributed by atoms with Crippen LogP contribution in [0.4, 0.5) is 5.69 Å². The Morgan fingerprint density at radius 2 is 1.75 bits per heavy atom. The van der Waals surface area contributed by atoms with Crippen LogP contribution in [0.15, 0.2) is 73.1 Å². The van der Waals surface area contributed by atoms with Crippen LogP contribution in [0.3, 0.4) is 0 Å². The number of anilines is 1. The lowest BCUT2D eigenvalue weighted by atomic mass is 10.1. The maximum Gasteiger partial charge on any atom is 0.255 e. The standard InChI is InChI=1S/C22H21N3O3/c1-2-28-20-11-4-3-10-19(20)25-22(27)18-9-5-8-17(13-18)21(26)24-15-16-7-6-12-23-14-16/h3-14H,2,15H2,1H3,(H,24,26)(H,25,27). The quantitative estimate of drug-likeness (QED) is 0.660. The molecule has 6 heteroatoms. The van der Waals surface area contributed by atoms with E-state index in [9.17, 15) is 9.59 Å². The summed E-state index contributed by atoms with van der Waals surface area (Å²) >= 11 is 0. The van der Waals surface area contributed by atoms with Gasteiger partial charge in [0.1, 0.15) is 5.75 Å². The van der Waals surface area contributed by atoms with E-state index in [1.807, 2.05) is 31.2 Å². The van der Waals surface area contributed by atoms with E-state index in [1.165, 1.54) is 0 Å². The van der Waals surface area contributed by atoms with Crippen molar-refractivity contribution in [2.24, 2.45) is 0 Å². The molecule has 28 heavy (non-hydrogen) atoms. The van der Waals surface area contributed by atoms with Gasteiger partial charge in [-0.15, -0.1) is 0 Å². The van der Waals surface area contributed by atoms with Crippen molar-refractivity contribution in [1.82, 2.24) is 10.3 Å². The molecule has 6 nitrogen and oxygen atoms in total. The van der Waals surface area contributed by atoms with E-state index in [4.69, 9.17) is 4.74 Å². The van der Waals surface area contributed by atoms with E-state index < -0.39 is 0 Å². The Morgan fingerprint density at radius 3 is 2.50 bits per heavy atom. The van der Waals surface area contributed by atoms with Gasteiger partial charge in [-0.2, -0.15) is 0 Å². The largest absolute Gasteiger partial charge is 0.492 e. The maximum absolute atomic E-state index is 12.6. The lowest BCUT2D eigenvalue weighted by Gasteiger charge is -2.12. The summed E-state index contributed by atoms with van der Waals surface area (Å²) in [5.41, 5.74) is 2.29. The molecule has 0 aliphatic heterocycles. The van der Waals surface area contributed by atoms with Gasteiger partial charge in [0.05, 0.1) is 12.3 Å². The lowest BCUT2D eigenvalue weighted by Crippen LogP contribution is -2.23. The molecule has 2 N–H and O–H groups in total. The minimum atomic E-state index is -0.311. The maximum atomic E-state index is 12.6. The number of hydrogen-bond donors (Lipinski definition) is 2. The van der Waals surface area contributed by atoms with Crippen molar-refractivity contribution < 1.29 is 14.3 Å². The van der Waals surface area contributed by atoms with Gasteiger partial charge >= 0.3 is 0 Å². The normalized spacial score (nSPS) is 10.2. The SMILES string of the molecule is CCOc1ccccc1NC(=O)c1cccc(C(=O)NCc2cccnc2)c1. The molecule has 142 valence electrons. The van der Waals surface area contributed by atoms with Gasteiger partial charge in [-0.1, -0.05) is 24.3 Å². The molecule has 1 aromatic heterocycles. The minimum Gasteiger partial charge on any atom is -0.492 e. The van der Waals surface area contributed by atoms with Gasteiger partial charge in [0.25, 0.3) is 11.8 Å². The molecule has 0 unspecified atom stereocenters. The monoisotopic (exact) mass is 375 g/mol. The summed E-state index contributed by atoms with van der Waals surface area (Å²) in [7, 11) is 0. The summed E-state index contributed by atoms with van der Waals surface area (Å²) < 4.78 is 5.53. The summed E-state index contributed by atoms with van der Waals surface area (Å²) in [6.45, 7) is 2.75. The molecule has 0 bridgehead atoms. The Balaban J connectivity index is 1.68. The Bertz CT molecular complexity index is 958. The molecule has 2 amide bonds. The second-order valence-corrected chi connectivity index (χ2v) is 6.01. The number of aromatic nitrogens is 1. The number of nitrogens with one attached hydrogen (secondary N) is 2. The Morgan fingerprint density at radius 1 is 0.964 bits per heavy atom. The molecule has 1 heterocycles. The summed E-state index contributed by atoms with van der Waals surface area (Å²) in [5, 5.41) is 5.66. The highest BCUT2D eigenvalue weighted by Crippen LogP contribution is 2.24. The van der Waals surface area contributed by atoms with Crippen LogP contribution in [0, 0.1) is 0 Å². The van der Waals surface area contributed by atoms with Gasteiger partial charge in [0, 0.05) is 30.1 Å². The molecule has 0 aliphatic rings. The van der Waals surface area contributed by atoms with Crippen molar-refractivity contribution in [1.29, 1.82) is 0 Å². The molecule has 0 atom stereocenters. The average molecular weight is 375 g/mol. The van der Waals surface area contributed by atoms with Crippen LogP contribution in [0.2, 0.25) is 0 Å². The smallest absolute Gasteiger partial charge is 0.255 e. The summed E-state index contributed by atoms with van der Waals surface area (Å²) in [6.07, 6.45) is 3.37. The van der Waals surface area contributed by atoms with Gasteiger partial charge in [0.15, 0.2) is 0 Å². The number of pyridine rings is 1.